The van der Waals surface area contributed by atoms with Crippen molar-refractivity contribution in [2.24, 2.45) is 0 Å². The molecule has 0 radical (unpaired) electrons. The van der Waals surface area contributed by atoms with E-state index in [9.17, 15) is 15.0 Å². The summed E-state index contributed by atoms with van der Waals surface area (Å²) in [6.45, 7) is 0.716. The molecule has 1 saturated heterocycles. The maximum absolute atomic E-state index is 12.7. The van der Waals surface area contributed by atoms with E-state index in [0.29, 0.717) is 13.0 Å². The summed E-state index contributed by atoms with van der Waals surface area (Å²) in [4.78, 5) is 12.7. The van der Waals surface area contributed by atoms with E-state index in [2.05, 4.69) is 10.6 Å². The van der Waals surface area contributed by atoms with Gasteiger partial charge < -0.3 is 20.8 Å². The molecule has 1 spiro atoms. The third kappa shape index (κ3) is 1.60. The number of aromatic hydroxyl groups is 2. The minimum Gasteiger partial charge on any atom is -0.504 e. The molecule has 0 aliphatic carbocycles. The highest BCUT2D eigenvalue weighted by molar-refractivity contribution is 6.07. The van der Waals surface area contributed by atoms with Crippen molar-refractivity contribution < 1.29 is 15.0 Å². The fourth-order valence-corrected chi connectivity index (χ4v) is 3.73. The van der Waals surface area contributed by atoms with Gasteiger partial charge in [-0.25, -0.2) is 0 Å². The molecular formula is C17H16N2O3. The third-order valence-electron chi connectivity index (χ3n) is 4.75. The van der Waals surface area contributed by atoms with Gasteiger partial charge in [-0.1, -0.05) is 24.3 Å². The number of phenols is 2. The molecule has 2 aromatic rings. The summed E-state index contributed by atoms with van der Waals surface area (Å²) in [7, 11) is 0. The summed E-state index contributed by atoms with van der Waals surface area (Å²) in [5.41, 5.74) is 1.96. The van der Waals surface area contributed by atoms with Crippen molar-refractivity contribution in [3.63, 3.8) is 0 Å². The largest absolute Gasteiger partial charge is 0.504 e. The van der Waals surface area contributed by atoms with Gasteiger partial charge in [0, 0.05) is 5.69 Å². The van der Waals surface area contributed by atoms with Crippen LogP contribution < -0.4 is 10.6 Å². The van der Waals surface area contributed by atoms with Crippen LogP contribution in [-0.4, -0.2) is 22.7 Å². The van der Waals surface area contributed by atoms with Gasteiger partial charge in [-0.05, 0) is 42.3 Å². The summed E-state index contributed by atoms with van der Waals surface area (Å²) in [5.74, 6) is -0.351. The Morgan fingerprint density at radius 2 is 1.91 bits per heavy atom. The van der Waals surface area contributed by atoms with Gasteiger partial charge in [0.1, 0.15) is 0 Å². The van der Waals surface area contributed by atoms with Crippen LogP contribution >= 0.6 is 0 Å². The molecule has 4 rings (SSSR count). The molecule has 2 atom stereocenters. The van der Waals surface area contributed by atoms with E-state index in [-0.39, 0.29) is 23.4 Å². The van der Waals surface area contributed by atoms with Crippen molar-refractivity contribution in [3.8, 4) is 11.5 Å². The van der Waals surface area contributed by atoms with E-state index in [1.807, 2.05) is 24.3 Å². The van der Waals surface area contributed by atoms with Crippen LogP contribution in [0.15, 0.2) is 42.5 Å². The standard InChI is InChI=1S/C17H16N2O3/c20-13-6-5-10(9-14(13)21)15-17(7-8-18-15)11-3-1-2-4-12(11)19-16(17)22/h1-6,9,15,18,20-21H,7-8H2,(H,19,22)/t15-,17+/m1/s1. The van der Waals surface area contributed by atoms with E-state index in [1.54, 1.807) is 6.07 Å². The van der Waals surface area contributed by atoms with Crippen molar-refractivity contribution in [2.45, 2.75) is 17.9 Å². The van der Waals surface area contributed by atoms with Gasteiger partial charge in [-0.3, -0.25) is 4.79 Å². The molecule has 2 heterocycles. The van der Waals surface area contributed by atoms with Gasteiger partial charge in [0.15, 0.2) is 11.5 Å². The van der Waals surface area contributed by atoms with Crippen molar-refractivity contribution in [2.75, 3.05) is 11.9 Å². The molecule has 1 fully saturated rings. The highest BCUT2D eigenvalue weighted by Gasteiger charge is 2.55. The van der Waals surface area contributed by atoms with Crippen LogP contribution in [0.25, 0.3) is 0 Å². The summed E-state index contributed by atoms with van der Waals surface area (Å²) >= 11 is 0. The van der Waals surface area contributed by atoms with Crippen LogP contribution in [0, 0.1) is 0 Å². The van der Waals surface area contributed by atoms with Crippen LogP contribution in [-0.2, 0) is 10.2 Å². The molecule has 5 heteroatoms. The Kier molecular flexibility index (Phi) is 2.68. The molecule has 4 N–H and O–H groups in total. The number of phenolic OH excluding ortho intramolecular Hbond substituents is 2. The number of fused-ring (bicyclic) bond motifs is 2. The Hall–Kier alpha value is -2.53. The Bertz CT molecular complexity index is 774. The first-order valence-electron chi connectivity index (χ1n) is 7.29. The number of rotatable bonds is 1. The number of hydrogen-bond donors (Lipinski definition) is 4. The number of anilines is 1. The average molecular weight is 296 g/mol. The highest BCUT2D eigenvalue weighted by Crippen LogP contribution is 2.51. The zero-order chi connectivity index (χ0) is 15.3. The highest BCUT2D eigenvalue weighted by atomic mass is 16.3. The summed E-state index contributed by atoms with van der Waals surface area (Å²) < 4.78 is 0. The lowest BCUT2D eigenvalue weighted by Gasteiger charge is -2.29. The molecular weight excluding hydrogens is 280 g/mol. The quantitative estimate of drug-likeness (QED) is 0.607. The van der Waals surface area contributed by atoms with Crippen molar-refractivity contribution in [1.82, 2.24) is 5.32 Å². The zero-order valence-electron chi connectivity index (χ0n) is 11.8. The topological polar surface area (TPSA) is 81.6 Å². The van der Waals surface area contributed by atoms with E-state index in [0.717, 1.165) is 16.8 Å². The lowest BCUT2D eigenvalue weighted by atomic mass is 9.73. The fourth-order valence-electron chi connectivity index (χ4n) is 3.73. The van der Waals surface area contributed by atoms with Crippen LogP contribution in [0.1, 0.15) is 23.6 Å². The predicted octanol–water partition coefficient (Wildman–Crippen LogP) is 2.02. The first-order chi connectivity index (χ1) is 10.6. The van der Waals surface area contributed by atoms with Crippen molar-refractivity contribution in [1.29, 1.82) is 0 Å². The fraction of sp³-hybridized carbons (Fsp3) is 0.235. The zero-order valence-corrected chi connectivity index (χ0v) is 11.8. The van der Waals surface area contributed by atoms with Crippen LogP contribution in [0.2, 0.25) is 0 Å². The summed E-state index contributed by atoms with van der Waals surface area (Å²) in [5, 5.41) is 25.6. The maximum atomic E-state index is 12.7. The molecule has 2 aliphatic heterocycles. The van der Waals surface area contributed by atoms with Gasteiger partial charge in [0.2, 0.25) is 5.91 Å². The minimum absolute atomic E-state index is 0.0173. The van der Waals surface area contributed by atoms with E-state index < -0.39 is 5.41 Å². The smallest absolute Gasteiger partial charge is 0.237 e. The second-order valence-electron chi connectivity index (χ2n) is 5.86. The number of nitrogens with one attached hydrogen (secondary N) is 2. The average Bonchev–Trinajstić information content (AvgIpc) is 3.07. The van der Waals surface area contributed by atoms with E-state index in [1.165, 1.54) is 12.1 Å². The lowest BCUT2D eigenvalue weighted by Crippen LogP contribution is -2.39. The van der Waals surface area contributed by atoms with Crippen LogP contribution in [0.4, 0.5) is 5.69 Å². The van der Waals surface area contributed by atoms with Crippen LogP contribution in [0.5, 0.6) is 11.5 Å². The molecule has 0 unspecified atom stereocenters. The number of carbonyl (C=O) groups excluding carboxylic acids is 1. The first-order valence-corrected chi connectivity index (χ1v) is 7.29. The molecule has 0 saturated carbocycles. The Labute approximate surface area is 127 Å². The van der Waals surface area contributed by atoms with Gasteiger partial charge in [0.25, 0.3) is 0 Å². The Morgan fingerprint density at radius 1 is 1.09 bits per heavy atom. The first kappa shape index (κ1) is 13.2. The minimum atomic E-state index is -0.667. The van der Waals surface area contributed by atoms with E-state index >= 15 is 0 Å². The van der Waals surface area contributed by atoms with Gasteiger partial charge >= 0.3 is 0 Å². The number of amides is 1. The predicted molar refractivity (Wildman–Crippen MR) is 81.9 cm³/mol. The molecule has 112 valence electrons. The Morgan fingerprint density at radius 3 is 2.73 bits per heavy atom. The summed E-state index contributed by atoms with van der Waals surface area (Å²) in [6, 6.07) is 12.2. The molecule has 22 heavy (non-hydrogen) atoms. The molecule has 2 aliphatic rings. The molecule has 0 aromatic heterocycles. The van der Waals surface area contributed by atoms with E-state index in [4.69, 9.17) is 0 Å². The number of para-hydroxylation sites is 1. The molecule has 5 nitrogen and oxygen atoms in total. The van der Waals surface area contributed by atoms with Gasteiger partial charge in [-0.2, -0.15) is 0 Å². The maximum Gasteiger partial charge on any atom is 0.237 e. The van der Waals surface area contributed by atoms with Crippen molar-refractivity contribution >= 4 is 11.6 Å². The molecule has 2 aromatic carbocycles. The number of hydrogen-bond acceptors (Lipinski definition) is 4. The SMILES string of the molecule is O=C1Nc2ccccc2[C@]12CCN[C@@H]2c1ccc(O)c(O)c1. The number of benzene rings is 2. The lowest BCUT2D eigenvalue weighted by molar-refractivity contribution is -0.121. The monoisotopic (exact) mass is 296 g/mol. The number of carbonyl (C=O) groups is 1. The second-order valence-corrected chi connectivity index (χ2v) is 5.86. The van der Waals surface area contributed by atoms with Gasteiger partial charge in [0.05, 0.1) is 11.5 Å². The molecule has 0 bridgehead atoms. The third-order valence-corrected chi connectivity index (χ3v) is 4.75. The van der Waals surface area contributed by atoms with Crippen LogP contribution in [0.3, 0.4) is 0 Å². The Balaban J connectivity index is 1.87. The summed E-state index contributed by atoms with van der Waals surface area (Å²) in [6.07, 6.45) is 0.697. The normalized spacial score (nSPS) is 26.2. The second kappa shape index (κ2) is 4.48. The van der Waals surface area contributed by atoms with Gasteiger partial charge in [-0.15, -0.1) is 0 Å². The molecule has 1 amide bonds. The van der Waals surface area contributed by atoms with Crippen molar-refractivity contribution in [3.05, 3.63) is 53.6 Å².